The molecule has 8 nitrogen and oxygen atoms in total. The van der Waals surface area contributed by atoms with Crippen LogP contribution in [0.5, 0.6) is 0 Å². The summed E-state index contributed by atoms with van der Waals surface area (Å²) in [5.74, 6) is -0.464. The van der Waals surface area contributed by atoms with Crippen LogP contribution in [0.3, 0.4) is 0 Å². The van der Waals surface area contributed by atoms with E-state index in [0.29, 0.717) is 49.2 Å². The van der Waals surface area contributed by atoms with Crippen molar-refractivity contribution in [3.63, 3.8) is 0 Å². The number of ketones is 1. The number of nitrogens with two attached hydrogens (primary N) is 1. The molecule has 2 fully saturated rings. The lowest BCUT2D eigenvalue weighted by atomic mass is 10.0. The van der Waals surface area contributed by atoms with Crippen molar-refractivity contribution in [3.8, 4) is 0 Å². The van der Waals surface area contributed by atoms with Gasteiger partial charge in [-0.2, -0.15) is 0 Å². The highest BCUT2D eigenvalue weighted by Crippen LogP contribution is 2.31. The summed E-state index contributed by atoms with van der Waals surface area (Å²) in [4.78, 5) is 54.2. The molecule has 0 aromatic heterocycles. The fourth-order valence-electron chi connectivity index (χ4n) is 4.80. The second-order valence-electron chi connectivity index (χ2n) is 9.13. The van der Waals surface area contributed by atoms with Gasteiger partial charge in [0.2, 0.25) is 5.91 Å². The molecular formula is C26H30N4O4. The average molecular weight is 463 g/mol. The molecule has 4 rings (SSSR count). The van der Waals surface area contributed by atoms with Gasteiger partial charge in [0.05, 0.1) is 12.6 Å². The molecule has 3 unspecified atom stereocenters. The Labute approximate surface area is 199 Å². The summed E-state index contributed by atoms with van der Waals surface area (Å²) in [6.45, 7) is 2.92. The molecule has 0 bridgehead atoms. The first-order chi connectivity index (χ1) is 16.3. The van der Waals surface area contributed by atoms with Crippen LogP contribution in [0.15, 0.2) is 54.6 Å². The summed E-state index contributed by atoms with van der Waals surface area (Å²) in [7, 11) is 0. The second kappa shape index (κ2) is 10.1. The molecule has 0 aliphatic carbocycles. The molecule has 8 heteroatoms. The first-order valence-corrected chi connectivity index (χ1v) is 11.7. The van der Waals surface area contributed by atoms with Gasteiger partial charge in [0.1, 0.15) is 6.04 Å². The van der Waals surface area contributed by atoms with Crippen molar-refractivity contribution in [2.45, 2.75) is 38.3 Å². The average Bonchev–Trinajstić information content (AvgIpc) is 3.41. The van der Waals surface area contributed by atoms with Crippen molar-refractivity contribution in [2.75, 3.05) is 25.4 Å². The number of amides is 3. The Balaban J connectivity index is 1.28. The molecule has 178 valence electrons. The Morgan fingerprint density at radius 1 is 1.03 bits per heavy atom. The van der Waals surface area contributed by atoms with E-state index in [-0.39, 0.29) is 42.0 Å². The van der Waals surface area contributed by atoms with Gasteiger partial charge in [0, 0.05) is 36.3 Å². The van der Waals surface area contributed by atoms with E-state index < -0.39 is 6.04 Å². The largest absolute Gasteiger partial charge is 0.399 e. The first kappa shape index (κ1) is 23.5. The van der Waals surface area contributed by atoms with Gasteiger partial charge in [-0.05, 0) is 55.2 Å². The number of nitrogens with zero attached hydrogens (tertiary/aromatic N) is 2. The van der Waals surface area contributed by atoms with Crippen LogP contribution >= 0.6 is 0 Å². The Hall–Kier alpha value is -3.68. The molecule has 2 saturated heterocycles. The zero-order chi connectivity index (χ0) is 24.2. The maximum Gasteiger partial charge on any atom is 0.254 e. The van der Waals surface area contributed by atoms with Crippen LogP contribution in [0.1, 0.15) is 46.9 Å². The highest BCUT2D eigenvalue weighted by atomic mass is 16.2. The summed E-state index contributed by atoms with van der Waals surface area (Å²) in [6, 6.07) is 14.8. The van der Waals surface area contributed by atoms with Crippen LogP contribution in [0.25, 0.3) is 0 Å². The Morgan fingerprint density at radius 3 is 2.44 bits per heavy atom. The number of hydrogen-bond donors (Lipinski definition) is 2. The van der Waals surface area contributed by atoms with Crippen molar-refractivity contribution in [1.29, 1.82) is 0 Å². The van der Waals surface area contributed by atoms with Gasteiger partial charge in [-0.1, -0.05) is 25.1 Å². The van der Waals surface area contributed by atoms with E-state index >= 15 is 0 Å². The van der Waals surface area contributed by atoms with Gasteiger partial charge in [-0.25, -0.2) is 0 Å². The van der Waals surface area contributed by atoms with Gasteiger partial charge in [0.25, 0.3) is 11.8 Å². The molecule has 0 spiro atoms. The molecule has 3 atom stereocenters. The predicted molar refractivity (Wildman–Crippen MR) is 128 cm³/mol. The second-order valence-corrected chi connectivity index (χ2v) is 9.13. The lowest BCUT2D eigenvalue weighted by Crippen LogP contribution is -2.44. The zero-order valence-corrected chi connectivity index (χ0v) is 19.3. The van der Waals surface area contributed by atoms with Crippen molar-refractivity contribution in [3.05, 3.63) is 65.7 Å². The van der Waals surface area contributed by atoms with E-state index in [1.807, 2.05) is 13.0 Å². The van der Waals surface area contributed by atoms with Crippen molar-refractivity contribution < 1.29 is 19.2 Å². The van der Waals surface area contributed by atoms with Crippen molar-refractivity contribution >= 4 is 29.2 Å². The monoisotopic (exact) mass is 462 g/mol. The van der Waals surface area contributed by atoms with E-state index in [2.05, 4.69) is 5.32 Å². The summed E-state index contributed by atoms with van der Waals surface area (Å²) in [5, 5.41) is 2.87. The number of carbonyl (C=O) groups excluding carboxylic acids is 4. The third kappa shape index (κ3) is 4.95. The Bertz CT molecular complexity index is 1070. The van der Waals surface area contributed by atoms with E-state index in [4.69, 9.17) is 5.73 Å². The molecule has 3 N–H and O–H groups in total. The molecule has 0 radical (unpaired) electrons. The number of likely N-dealkylation sites (tertiary alicyclic amines) is 2. The van der Waals surface area contributed by atoms with Gasteiger partial charge >= 0.3 is 0 Å². The normalized spacial score (nSPS) is 20.2. The molecule has 0 saturated carbocycles. The van der Waals surface area contributed by atoms with E-state index in [9.17, 15) is 19.2 Å². The maximum absolute atomic E-state index is 13.0. The van der Waals surface area contributed by atoms with Crippen molar-refractivity contribution in [2.24, 2.45) is 5.92 Å². The quantitative estimate of drug-likeness (QED) is 0.612. The summed E-state index contributed by atoms with van der Waals surface area (Å²) in [6.07, 6.45) is 1.54. The number of fused-ring (bicyclic) bond motifs is 1. The van der Waals surface area contributed by atoms with Crippen LogP contribution < -0.4 is 11.1 Å². The van der Waals surface area contributed by atoms with Crippen molar-refractivity contribution in [1.82, 2.24) is 15.1 Å². The minimum atomic E-state index is -0.558. The maximum atomic E-state index is 13.0. The molecule has 2 aliphatic rings. The lowest BCUT2D eigenvalue weighted by molar-refractivity contribution is -0.137. The highest BCUT2D eigenvalue weighted by Gasteiger charge is 2.51. The van der Waals surface area contributed by atoms with E-state index in [1.165, 1.54) is 0 Å². The van der Waals surface area contributed by atoms with Crippen LogP contribution in [0, 0.1) is 5.92 Å². The van der Waals surface area contributed by atoms with Gasteiger partial charge in [-0.3, -0.25) is 19.2 Å². The molecule has 2 aromatic rings. The van der Waals surface area contributed by atoms with Crippen LogP contribution in [-0.2, 0) is 9.59 Å². The number of anilines is 1. The number of carbonyl (C=O) groups is 4. The Morgan fingerprint density at radius 2 is 1.74 bits per heavy atom. The molecule has 3 amide bonds. The number of rotatable bonds is 7. The van der Waals surface area contributed by atoms with Crippen LogP contribution in [0.2, 0.25) is 0 Å². The van der Waals surface area contributed by atoms with Crippen LogP contribution in [-0.4, -0.2) is 65.0 Å². The number of Topliss-reactive ketones (excluding diaryl/α,β-unsaturated/α-hetero) is 1. The first-order valence-electron chi connectivity index (χ1n) is 11.7. The summed E-state index contributed by atoms with van der Waals surface area (Å²) >= 11 is 0. The minimum absolute atomic E-state index is 0.0387. The summed E-state index contributed by atoms with van der Waals surface area (Å²) < 4.78 is 0. The topological polar surface area (TPSA) is 113 Å². The summed E-state index contributed by atoms with van der Waals surface area (Å²) in [5.41, 5.74) is 7.33. The minimum Gasteiger partial charge on any atom is -0.399 e. The number of nitrogen functional groups attached to an aromatic ring is 1. The smallest absolute Gasteiger partial charge is 0.254 e. The molecule has 34 heavy (non-hydrogen) atoms. The number of hydrogen-bond acceptors (Lipinski definition) is 5. The zero-order valence-electron chi connectivity index (χ0n) is 19.3. The predicted octanol–water partition coefficient (Wildman–Crippen LogP) is 2.11. The third-order valence-corrected chi connectivity index (χ3v) is 6.64. The molecule has 2 heterocycles. The van der Waals surface area contributed by atoms with E-state index in [1.54, 1.807) is 58.3 Å². The van der Waals surface area contributed by atoms with Gasteiger partial charge in [0.15, 0.2) is 5.78 Å². The van der Waals surface area contributed by atoms with Gasteiger partial charge in [-0.15, -0.1) is 0 Å². The highest BCUT2D eigenvalue weighted by molar-refractivity contribution is 6.02. The fourth-order valence-corrected chi connectivity index (χ4v) is 4.80. The SMILES string of the molecule is CC(CCNC(=O)c1ccc(N)cc1)CC(=O)N1CCC2C1C(=O)CN2C(=O)c1ccccc1. The Kier molecular flexibility index (Phi) is 6.95. The third-order valence-electron chi connectivity index (χ3n) is 6.64. The van der Waals surface area contributed by atoms with Crippen LogP contribution in [0.4, 0.5) is 5.69 Å². The number of nitrogens with one attached hydrogen (secondary N) is 1. The molecule has 2 aromatic carbocycles. The standard InChI is InChI=1S/C26H30N4O4/c1-17(11-13-28-25(33)18-7-9-20(27)10-8-18)15-23(32)29-14-12-21-24(29)22(31)16-30(21)26(34)19-5-3-2-4-6-19/h2-10,17,21,24H,11-16,27H2,1H3,(H,28,33). The lowest BCUT2D eigenvalue weighted by Gasteiger charge is -2.25. The molecular weight excluding hydrogens is 432 g/mol. The molecule has 2 aliphatic heterocycles. The van der Waals surface area contributed by atoms with Gasteiger partial charge < -0.3 is 20.9 Å². The van der Waals surface area contributed by atoms with E-state index in [0.717, 1.165) is 0 Å². The fraction of sp³-hybridized carbons (Fsp3) is 0.385. The number of benzene rings is 2.